The average molecular weight is 631 g/mol. The number of benzene rings is 2. The van der Waals surface area contributed by atoms with Crippen LogP contribution in [0, 0.1) is 5.92 Å². The number of rotatable bonds is 12. The first-order valence-electron chi connectivity index (χ1n) is 12.1. The molecule has 39 heavy (non-hydrogen) atoms. The summed E-state index contributed by atoms with van der Waals surface area (Å²) < 4.78 is 55.2. The lowest BCUT2D eigenvalue weighted by Gasteiger charge is -2.18. The van der Waals surface area contributed by atoms with Gasteiger partial charge in [0.05, 0.1) is 9.92 Å². The molecular formula is C26H29Cl2N3O5S3. The summed E-state index contributed by atoms with van der Waals surface area (Å²) in [6, 6.07) is 13.4. The standard InChI is InChI=1S/C26H29Cl2N3O5S3/c1-5-31(6-2)39(35,36)20-10-8-19(9-11-20)37-23-12-14-25(29-26(23)22(32)15-17(3)4)30-38(33,34)24-13-7-18(27)16-21(24)28/h7-14,16-17H,5-6,15H2,1-4H3,(H,29,30). The molecule has 3 rings (SSSR count). The number of carbonyl (C=O) groups excluding carboxylic acids is 1. The molecule has 0 saturated heterocycles. The van der Waals surface area contributed by atoms with E-state index in [-0.39, 0.29) is 44.4 Å². The van der Waals surface area contributed by atoms with Crippen LogP contribution in [0.15, 0.2) is 74.2 Å². The van der Waals surface area contributed by atoms with E-state index in [4.69, 9.17) is 23.2 Å². The van der Waals surface area contributed by atoms with Gasteiger partial charge in [-0.15, -0.1) is 0 Å². The number of Topliss-reactive ketones (excluding diaryl/α,β-unsaturated/α-hetero) is 1. The van der Waals surface area contributed by atoms with Crippen LogP contribution in [0.2, 0.25) is 10.0 Å². The molecule has 0 aliphatic heterocycles. The number of anilines is 1. The summed E-state index contributed by atoms with van der Waals surface area (Å²) in [5.41, 5.74) is 0.107. The number of nitrogens with one attached hydrogen (secondary N) is 1. The van der Waals surface area contributed by atoms with Crippen LogP contribution in [0.5, 0.6) is 0 Å². The van der Waals surface area contributed by atoms with Crippen molar-refractivity contribution in [3.8, 4) is 0 Å². The van der Waals surface area contributed by atoms with Gasteiger partial charge in [0.25, 0.3) is 10.0 Å². The van der Waals surface area contributed by atoms with E-state index in [1.807, 2.05) is 13.8 Å². The van der Waals surface area contributed by atoms with Crippen LogP contribution in [0.4, 0.5) is 5.82 Å². The molecule has 1 N–H and O–H groups in total. The molecule has 1 aromatic heterocycles. The molecule has 0 bridgehead atoms. The van der Waals surface area contributed by atoms with Gasteiger partial charge in [0, 0.05) is 34.3 Å². The normalized spacial score (nSPS) is 12.2. The molecule has 0 aliphatic rings. The van der Waals surface area contributed by atoms with Crippen molar-refractivity contribution in [2.24, 2.45) is 5.92 Å². The lowest BCUT2D eigenvalue weighted by atomic mass is 10.0. The molecule has 0 atom stereocenters. The topological polar surface area (TPSA) is 114 Å². The summed E-state index contributed by atoms with van der Waals surface area (Å²) >= 11 is 13.2. The molecule has 8 nitrogen and oxygen atoms in total. The largest absolute Gasteiger partial charge is 0.292 e. The third kappa shape index (κ3) is 7.74. The fourth-order valence-corrected chi connectivity index (χ4v) is 7.81. The highest BCUT2D eigenvalue weighted by Gasteiger charge is 2.23. The monoisotopic (exact) mass is 629 g/mol. The smallest absolute Gasteiger partial charge is 0.264 e. The Morgan fingerprint density at radius 1 is 0.974 bits per heavy atom. The summed E-state index contributed by atoms with van der Waals surface area (Å²) in [5.74, 6) is -0.244. The zero-order valence-corrected chi connectivity index (χ0v) is 25.8. The van der Waals surface area contributed by atoms with Crippen LogP contribution < -0.4 is 4.72 Å². The minimum Gasteiger partial charge on any atom is -0.292 e. The Balaban J connectivity index is 1.94. The highest BCUT2D eigenvalue weighted by molar-refractivity contribution is 7.99. The van der Waals surface area contributed by atoms with Crippen molar-refractivity contribution >= 4 is 66.6 Å². The van der Waals surface area contributed by atoms with Crippen molar-refractivity contribution in [1.82, 2.24) is 9.29 Å². The lowest BCUT2D eigenvalue weighted by molar-refractivity contribution is 0.0960. The highest BCUT2D eigenvalue weighted by atomic mass is 35.5. The maximum Gasteiger partial charge on any atom is 0.264 e. The van der Waals surface area contributed by atoms with Crippen molar-refractivity contribution < 1.29 is 21.6 Å². The van der Waals surface area contributed by atoms with E-state index in [1.165, 1.54) is 52.5 Å². The Morgan fingerprint density at radius 2 is 1.62 bits per heavy atom. The Hall–Kier alpha value is -2.15. The van der Waals surface area contributed by atoms with E-state index < -0.39 is 20.0 Å². The van der Waals surface area contributed by atoms with Crippen LogP contribution in [0.3, 0.4) is 0 Å². The van der Waals surface area contributed by atoms with Gasteiger partial charge >= 0.3 is 0 Å². The fourth-order valence-electron chi connectivity index (χ4n) is 3.66. The summed E-state index contributed by atoms with van der Waals surface area (Å²) in [6.07, 6.45) is 0.209. The van der Waals surface area contributed by atoms with Crippen LogP contribution in [-0.4, -0.2) is 45.0 Å². The molecule has 2 aromatic carbocycles. The van der Waals surface area contributed by atoms with Gasteiger partial charge in [-0.2, -0.15) is 4.31 Å². The van der Waals surface area contributed by atoms with E-state index >= 15 is 0 Å². The number of nitrogens with zero attached hydrogens (tertiary/aromatic N) is 2. The van der Waals surface area contributed by atoms with Gasteiger partial charge in [-0.05, 0) is 60.5 Å². The summed E-state index contributed by atoms with van der Waals surface area (Å²) in [6.45, 7) is 8.08. The van der Waals surface area contributed by atoms with Crippen LogP contribution in [0.1, 0.15) is 44.6 Å². The number of hydrogen-bond acceptors (Lipinski definition) is 7. The number of ketones is 1. The molecule has 0 radical (unpaired) electrons. The van der Waals surface area contributed by atoms with Crippen LogP contribution in [-0.2, 0) is 20.0 Å². The number of hydrogen-bond donors (Lipinski definition) is 1. The molecule has 3 aromatic rings. The number of carbonyl (C=O) groups is 1. The van der Waals surface area contributed by atoms with Crippen molar-refractivity contribution in [3.63, 3.8) is 0 Å². The Kier molecular flexibility index (Phi) is 10.5. The predicted molar refractivity (Wildman–Crippen MR) is 156 cm³/mol. The van der Waals surface area contributed by atoms with E-state index in [0.29, 0.717) is 27.9 Å². The third-order valence-corrected chi connectivity index (χ3v) is 10.7. The van der Waals surface area contributed by atoms with Crippen LogP contribution in [0.25, 0.3) is 0 Å². The highest BCUT2D eigenvalue weighted by Crippen LogP contribution is 2.33. The molecule has 0 spiro atoms. The zero-order chi connectivity index (χ0) is 29.0. The average Bonchev–Trinajstić information content (AvgIpc) is 2.85. The van der Waals surface area contributed by atoms with E-state index in [1.54, 1.807) is 32.0 Å². The first-order valence-corrected chi connectivity index (χ1v) is 16.6. The number of halogens is 2. The van der Waals surface area contributed by atoms with Crippen molar-refractivity contribution in [3.05, 3.63) is 70.3 Å². The van der Waals surface area contributed by atoms with Gasteiger partial charge in [-0.25, -0.2) is 21.8 Å². The maximum absolute atomic E-state index is 13.1. The Bertz CT molecular complexity index is 1560. The minimum absolute atomic E-state index is 0.0434. The molecule has 0 fully saturated rings. The summed E-state index contributed by atoms with van der Waals surface area (Å²) in [5, 5.41) is 0.239. The van der Waals surface area contributed by atoms with E-state index in [2.05, 4.69) is 9.71 Å². The molecule has 0 unspecified atom stereocenters. The van der Waals surface area contributed by atoms with Crippen molar-refractivity contribution in [2.75, 3.05) is 17.8 Å². The van der Waals surface area contributed by atoms with Gasteiger partial charge in [-0.1, -0.05) is 62.7 Å². The summed E-state index contributed by atoms with van der Waals surface area (Å²) in [7, 11) is -7.71. The second-order valence-electron chi connectivity index (χ2n) is 8.91. The molecular weight excluding hydrogens is 601 g/mol. The Morgan fingerprint density at radius 3 is 2.18 bits per heavy atom. The van der Waals surface area contributed by atoms with E-state index in [0.717, 1.165) is 0 Å². The minimum atomic E-state index is -4.11. The molecule has 0 amide bonds. The van der Waals surface area contributed by atoms with Gasteiger partial charge in [-0.3, -0.25) is 9.52 Å². The molecule has 1 heterocycles. The molecule has 0 aliphatic carbocycles. The van der Waals surface area contributed by atoms with Crippen molar-refractivity contribution in [2.45, 2.75) is 53.7 Å². The van der Waals surface area contributed by atoms with Gasteiger partial charge in [0.15, 0.2) is 5.78 Å². The molecule has 210 valence electrons. The summed E-state index contributed by atoms with van der Waals surface area (Å²) in [4.78, 5) is 18.6. The first kappa shape index (κ1) is 31.4. The lowest BCUT2D eigenvalue weighted by Crippen LogP contribution is -2.30. The van der Waals surface area contributed by atoms with Gasteiger partial charge in [0.2, 0.25) is 10.0 Å². The third-order valence-electron chi connectivity index (χ3n) is 5.53. The quantitative estimate of drug-likeness (QED) is 0.224. The first-order chi connectivity index (χ1) is 18.3. The predicted octanol–water partition coefficient (Wildman–Crippen LogP) is 6.60. The Labute approximate surface area is 244 Å². The SMILES string of the molecule is CCN(CC)S(=O)(=O)c1ccc(Sc2ccc(NS(=O)(=O)c3ccc(Cl)cc3Cl)nc2C(=O)CC(C)C)cc1. The van der Waals surface area contributed by atoms with E-state index in [9.17, 15) is 21.6 Å². The number of aromatic nitrogens is 1. The number of sulfonamides is 2. The van der Waals surface area contributed by atoms with Crippen molar-refractivity contribution in [1.29, 1.82) is 0 Å². The number of pyridine rings is 1. The second kappa shape index (κ2) is 13.0. The van der Waals surface area contributed by atoms with Crippen LogP contribution >= 0.6 is 35.0 Å². The zero-order valence-electron chi connectivity index (χ0n) is 21.8. The second-order valence-corrected chi connectivity index (χ2v) is 14.5. The molecule has 13 heteroatoms. The fraction of sp³-hybridized carbons (Fsp3) is 0.308. The maximum atomic E-state index is 13.1. The van der Waals surface area contributed by atoms with Gasteiger partial charge < -0.3 is 0 Å². The van der Waals surface area contributed by atoms with Gasteiger partial charge in [0.1, 0.15) is 16.4 Å². The molecule has 0 saturated carbocycles.